The van der Waals surface area contributed by atoms with Gasteiger partial charge in [0.1, 0.15) is 0 Å². The molecule has 0 aromatic heterocycles. The van der Waals surface area contributed by atoms with E-state index in [0.717, 1.165) is 30.9 Å². The first-order valence-corrected chi connectivity index (χ1v) is 10.8. The van der Waals surface area contributed by atoms with Gasteiger partial charge in [-0.1, -0.05) is 11.6 Å². The molecule has 6 nitrogen and oxygen atoms in total. The van der Waals surface area contributed by atoms with Crippen LogP contribution in [0.1, 0.15) is 24.8 Å². The van der Waals surface area contributed by atoms with Crippen molar-refractivity contribution in [3.05, 3.63) is 29.3 Å². The Morgan fingerprint density at radius 3 is 2.86 bits per heavy atom. The number of rotatable bonds is 2. The maximum atomic E-state index is 13.5. The van der Waals surface area contributed by atoms with E-state index in [1.54, 1.807) is 19.8 Å². The van der Waals surface area contributed by atoms with Gasteiger partial charge >= 0.3 is 0 Å². The fourth-order valence-corrected chi connectivity index (χ4v) is 7.87. The molecule has 0 unspecified atom stereocenters. The van der Waals surface area contributed by atoms with Crippen molar-refractivity contribution >= 4 is 11.6 Å². The zero-order valence-corrected chi connectivity index (χ0v) is 16.9. The van der Waals surface area contributed by atoms with Crippen molar-refractivity contribution in [2.45, 2.75) is 42.9 Å². The highest BCUT2D eigenvalue weighted by Gasteiger charge is 2.71. The fraction of sp³-hybridized carbons (Fsp3) is 0.609. The molecule has 1 aromatic carbocycles. The Balaban J connectivity index is 1.52. The number of amides is 1. The minimum absolute atomic E-state index is 0.0242. The summed E-state index contributed by atoms with van der Waals surface area (Å²) in [5.74, 6) is 2.57. The van der Waals surface area contributed by atoms with Crippen molar-refractivity contribution in [1.82, 2.24) is 4.90 Å². The Bertz CT molecular complexity index is 974. The molecular formula is C23H26N2O4. The van der Waals surface area contributed by atoms with Crippen molar-refractivity contribution < 1.29 is 19.0 Å². The van der Waals surface area contributed by atoms with Gasteiger partial charge in [-0.2, -0.15) is 0 Å². The molecule has 4 fully saturated rings. The predicted octanol–water partition coefficient (Wildman–Crippen LogP) is 2.11. The van der Waals surface area contributed by atoms with Crippen molar-refractivity contribution in [3.8, 4) is 11.5 Å². The number of piperidine rings is 2. The van der Waals surface area contributed by atoms with Gasteiger partial charge in [-0.25, -0.2) is 0 Å². The van der Waals surface area contributed by atoms with Crippen LogP contribution in [0.2, 0.25) is 0 Å². The number of ether oxygens (including phenoxy) is 3. The highest BCUT2D eigenvalue weighted by molar-refractivity contribution is 5.99. The second-order valence-electron chi connectivity index (χ2n) is 9.48. The van der Waals surface area contributed by atoms with Crippen LogP contribution in [0.4, 0.5) is 5.69 Å². The number of anilines is 1. The van der Waals surface area contributed by atoms with E-state index in [9.17, 15) is 4.79 Å². The van der Waals surface area contributed by atoms with Crippen molar-refractivity contribution in [2.75, 3.05) is 38.8 Å². The molecule has 3 saturated heterocycles. The van der Waals surface area contributed by atoms with Gasteiger partial charge in [0.25, 0.3) is 0 Å². The zero-order chi connectivity index (χ0) is 19.5. The van der Waals surface area contributed by atoms with E-state index in [1.165, 1.54) is 12.0 Å². The Morgan fingerprint density at radius 2 is 2.03 bits per heavy atom. The Kier molecular flexibility index (Phi) is 3.08. The second kappa shape index (κ2) is 5.35. The predicted molar refractivity (Wildman–Crippen MR) is 107 cm³/mol. The highest BCUT2D eigenvalue weighted by atomic mass is 16.5. The lowest BCUT2D eigenvalue weighted by Crippen LogP contribution is -2.69. The fourth-order valence-electron chi connectivity index (χ4n) is 7.87. The van der Waals surface area contributed by atoms with Gasteiger partial charge < -0.3 is 19.1 Å². The number of benzene rings is 1. The van der Waals surface area contributed by atoms with Crippen LogP contribution in [0.5, 0.6) is 11.5 Å². The molecule has 0 radical (unpaired) electrons. The standard InChI is InChI=1S/C23H26N2O4/c1-27-16-8-14-15(9-17(16)28-2)25-20(26)10-18-21-13-7-19-23(14,22(21)25)4-5-24(19)11-12(13)3-6-29-18/h3,8-9,13,18-19,21-22H,4-7,10-11H2,1-2H3/t13-,18+,19+,21+,22+,23+/m0/s1. The van der Waals surface area contributed by atoms with Crippen LogP contribution >= 0.6 is 0 Å². The minimum Gasteiger partial charge on any atom is -0.493 e. The molecule has 7 rings (SSSR count). The number of fused-ring (bicyclic) bond motifs is 2. The summed E-state index contributed by atoms with van der Waals surface area (Å²) in [6.07, 6.45) is 5.11. The van der Waals surface area contributed by atoms with E-state index in [2.05, 4.69) is 21.9 Å². The SMILES string of the molecule is COc1cc2c(cc1OC)[C@@]13CCN4CC5=CCO[C@@H]6CC(=O)N2[C@@H]1[C@@H]6[C@H]5C[C@@H]43. The smallest absolute Gasteiger partial charge is 0.229 e. The average Bonchev–Trinajstić information content (AvgIpc) is 3.20. The molecule has 0 N–H and O–H groups in total. The van der Waals surface area contributed by atoms with Gasteiger partial charge in [-0.15, -0.1) is 0 Å². The van der Waals surface area contributed by atoms with Crippen LogP contribution in [0.3, 0.4) is 0 Å². The van der Waals surface area contributed by atoms with Crippen LogP contribution in [-0.2, 0) is 14.9 Å². The third-order valence-electron chi connectivity index (χ3n) is 8.81. The van der Waals surface area contributed by atoms with Gasteiger partial charge in [0.2, 0.25) is 5.91 Å². The van der Waals surface area contributed by atoms with E-state index in [-0.39, 0.29) is 23.5 Å². The number of methoxy groups -OCH3 is 2. The maximum absolute atomic E-state index is 13.5. The minimum atomic E-state index is -0.0242. The van der Waals surface area contributed by atoms with E-state index in [0.29, 0.717) is 36.7 Å². The molecule has 29 heavy (non-hydrogen) atoms. The summed E-state index contributed by atoms with van der Waals surface area (Å²) in [5.41, 5.74) is 3.85. The molecule has 5 heterocycles. The number of hydrogen-bond donors (Lipinski definition) is 0. The molecule has 6 atom stereocenters. The molecule has 1 spiro atoms. The lowest BCUT2D eigenvalue weighted by molar-refractivity contribution is -0.132. The topological polar surface area (TPSA) is 51.2 Å². The summed E-state index contributed by atoms with van der Waals surface area (Å²) < 4.78 is 17.6. The van der Waals surface area contributed by atoms with E-state index < -0.39 is 0 Å². The van der Waals surface area contributed by atoms with Gasteiger partial charge in [0.05, 0.1) is 45.1 Å². The van der Waals surface area contributed by atoms with Crippen molar-refractivity contribution in [1.29, 1.82) is 0 Å². The summed E-state index contributed by atoms with van der Waals surface area (Å²) in [7, 11) is 3.36. The molecule has 6 aliphatic rings. The summed E-state index contributed by atoms with van der Waals surface area (Å²) in [6, 6.07) is 4.87. The van der Waals surface area contributed by atoms with Gasteiger partial charge in [0, 0.05) is 30.0 Å². The zero-order valence-electron chi connectivity index (χ0n) is 16.9. The Labute approximate surface area is 170 Å². The first-order valence-electron chi connectivity index (χ1n) is 10.8. The molecule has 1 aliphatic carbocycles. The summed E-state index contributed by atoms with van der Waals surface area (Å²) in [5, 5.41) is 0. The summed E-state index contributed by atoms with van der Waals surface area (Å²) in [6.45, 7) is 2.80. The third-order valence-corrected chi connectivity index (χ3v) is 8.81. The number of nitrogens with zero attached hydrogens (tertiary/aromatic N) is 2. The highest BCUT2D eigenvalue weighted by Crippen LogP contribution is 2.66. The first-order chi connectivity index (χ1) is 14.2. The van der Waals surface area contributed by atoms with Crippen LogP contribution in [-0.4, -0.2) is 62.9 Å². The maximum Gasteiger partial charge on any atom is 0.229 e. The van der Waals surface area contributed by atoms with Gasteiger partial charge in [-0.3, -0.25) is 9.69 Å². The lowest BCUT2D eigenvalue weighted by atomic mass is 9.53. The summed E-state index contributed by atoms with van der Waals surface area (Å²) in [4.78, 5) is 18.3. The molecule has 6 heteroatoms. The summed E-state index contributed by atoms with van der Waals surface area (Å²) >= 11 is 0. The van der Waals surface area contributed by atoms with E-state index in [4.69, 9.17) is 14.2 Å². The van der Waals surface area contributed by atoms with E-state index >= 15 is 0 Å². The Morgan fingerprint density at radius 1 is 1.21 bits per heavy atom. The molecular weight excluding hydrogens is 368 g/mol. The molecule has 5 aliphatic heterocycles. The third kappa shape index (κ3) is 1.76. The molecule has 1 amide bonds. The largest absolute Gasteiger partial charge is 0.493 e. The molecule has 152 valence electrons. The van der Waals surface area contributed by atoms with Crippen LogP contribution < -0.4 is 14.4 Å². The van der Waals surface area contributed by atoms with Crippen LogP contribution in [0.25, 0.3) is 0 Å². The van der Waals surface area contributed by atoms with Crippen molar-refractivity contribution in [2.24, 2.45) is 11.8 Å². The normalized spacial score (nSPS) is 41.0. The van der Waals surface area contributed by atoms with Crippen LogP contribution in [0.15, 0.2) is 23.8 Å². The molecule has 1 aromatic rings. The Hall–Kier alpha value is -2.05. The van der Waals surface area contributed by atoms with Crippen molar-refractivity contribution in [3.63, 3.8) is 0 Å². The number of hydrogen-bond acceptors (Lipinski definition) is 5. The van der Waals surface area contributed by atoms with E-state index in [1.807, 2.05) is 6.07 Å². The quantitative estimate of drug-likeness (QED) is 0.719. The number of carbonyl (C=O) groups is 1. The molecule has 1 saturated carbocycles. The lowest BCUT2D eigenvalue weighted by Gasteiger charge is -2.58. The van der Waals surface area contributed by atoms with Gasteiger partial charge in [0.15, 0.2) is 11.5 Å². The average molecular weight is 394 g/mol. The molecule has 2 bridgehead atoms. The first kappa shape index (κ1) is 16.7. The monoisotopic (exact) mass is 394 g/mol. The van der Waals surface area contributed by atoms with Crippen LogP contribution in [0, 0.1) is 11.8 Å². The van der Waals surface area contributed by atoms with Gasteiger partial charge in [-0.05, 0) is 36.9 Å². The number of carbonyl (C=O) groups excluding carboxylic acids is 1. The second-order valence-corrected chi connectivity index (χ2v) is 9.48.